The summed E-state index contributed by atoms with van der Waals surface area (Å²) in [4.78, 5) is 2.24. The van der Waals surface area contributed by atoms with Crippen molar-refractivity contribution in [1.29, 1.82) is 0 Å². The molecule has 1 rings (SSSR count). The van der Waals surface area contributed by atoms with Crippen LogP contribution in [0.25, 0.3) is 0 Å². The SMILES string of the molecule is CC(C)(C)S(=O)(=O)CCN1CCCCC1CCl. The Bertz CT molecular complexity index is 335. The number of sulfone groups is 1. The normalized spacial score (nSPS) is 23.9. The average molecular weight is 282 g/mol. The Hall–Kier alpha value is 0.200. The smallest absolute Gasteiger partial charge is 0.156 e. The van der Waals surface area contributed by atoms with Crippen LogP contribution in [0.3, 0.4) is 0 Å². The van der Waals surface area contributed by atoms with Crippen molar-refractivity contribution in [3.8, 4) is 0 Å². The minimum atomic E-state index is -3.01. The molecule has 1 fully saturated rings. The molecule has 1 heterocycles. The number of likely N-dealkylation sites (tertiary alicyclic amines) is 1. The molecule has 1 aliphatic heterocycles. The largest absolute Gasteiger partial charge is 0.298 e. The standard InChI is InChI=1S/C12H24ClNO2S/c1-12(2,3)17(15,16)9-8-14-7-5-4-6-11(14)10-13/h11H,4-10H2,1-3H3. The third-order valence-corrected chi connectivity index (χ3v) is 6.45. The first-order valence-electron chi connectivity index (χ1n) is 6.30. The van der Waals surface area contributed by atoms with Crippen molar-refractivity contribution in [3.63, 3.8) is 0 Å². The van der Waals surface area contributed by atoms with Crippen LogP contribution in [0.1, 0.15) is 40.0 Å². The van der Waals surface area contributed by atoms with Crippen molar-refractivity contribution in [2.24, 2.45) is 0 Å². The lowest BCUT2D eigenvalue weighted by molar-refractivity contribution is 0.172. The van der Waals surface area contributed by atoms with E-state index in [2.05, 4.69) is 4.90 Å². The van der Waals surface area contributed by atoms with Crippen molar-refractivity contribution in [2.45, 2.75) is 50.8 Å². The summed E-state index contributed by atoms with van der Waals surface area (Å²) in [5.74, 6) is 0.847. The van der Waals surface area contributed by atoms with E-state index < -0.39 is 14.6 Å². The fraction of sp³-hybridized carbons (Fsp3) is 1.00. The van der Waals surface area contributed by atoms with Crippen molar-refractivity contribution in [2.75, 3.05) is 24.7 Å². The third-order valence-electron chi connectivity index (χ3n) is 3.51. The minimum Gasteiger partial charge on any atom is -0.298 e. The molecule has 3 nitrogen and oxygen atoms in total. The van der Waals surface area contributed by atoms with E-state index in [0.29, 0.717) is 18.5 Å². The van der Waals surface area contributed by atoms with Crippen LogP contribution in [-0.2, 0) is 9.84 Å². The maximum absolute atomic E-state index is 12.0. The lowest BCUT2D eigenvalue weighted by Crippen LogP contribution is -2.44. The monoisotopic (exact) mass is 281 g/mol. The zero-order valence-electron chi connectivity index (χ0n) is 11.1. The van der Waals surface area contributed by atoms with Crippen molar-refractivity contribution >= 4 is 21.4 Å². The van der Waals surface area contributed by atoms with E-state index in [1.165, 1.54) is 6.42 Å². The van der Waals surface area contributed by atoms with Crippen molar-refractivity contribution in [3.05, 3.63) is 0 Å². The molecule has 0 aromatic rings. The van der Waals surface area contributed by atoms with E-state index in [0.717, 1.165) is 19.4 Å². The Morgan fingerprint density at radius 3 is 2.47 bits per heavy atom. The number of rotatable bonds is 4. The van der Waals surface area contributed by atoms with Gasteiger partial charge in [0.25, 0.3) is 0 Å². The summed E-state index contributed by atoms with van der Waals surface area (Å²) >= 11 is 5.92. The number of alkyl halides is 1. The molecule has 0 N–H and O–H groups in total. The number of nitrogens with zero attached hydrogens (tertiary/aromatic N) is 1. The lowest BCUT2D eigenvalue weighted by Gasteiger charge is -2.35. The van der Waals surface area contributed by atoms with Gasteiger partial charge in [0.05, 0.1) is 10.5 Å². The second-order valence-electron chi connectivity index (χ2n) is 5.77. The van der Waals surface area contributed by atoms with Gasteiger partial charge in [-0.3, -0.25) is 4.90 Å². The van der Waals surface area contributed by atoms with Gasteiger partial charge in [0.1, 0.15) is 0 Å². The quantitative estimate of drug-likeness (QED) is 0.742. The van der Waals surface area contributed by atoms with Gasteiger partial charge >= 0.3 is 0 Å². The van der Waals surface area contributed by atoms with Gasteiger partial charge in [0.15, 0.2) is 9.84 Å². The Labute approximate surface area is 110 Å². The summed E-state index contributed by atoms with van der Waals surface area (Å²) in [6, 6.07) is 0.362. The van der Waals surface area contributed by atoms with Gasteiger partial charge in [-0.25, -0.2) is 8.42 Å². The van der Waals surface area contributed by atoms with E-state index in [1.807, 2.05) is 0 Å². The molecule has 0 spiro atoms. The number of hydrogen-bond donors (Lipinski definition) is 0. The first kappa shape index (κ1) is 15.3. The van der Waals surface area contributed by atoms with Crippen LogP contribution in [0.15, 0.2) is 0 Å². The summed E-state index contributed by atoms with van der Waals surface area (Å²) < 4.78 is 23.4. The minimum absolute atomic E-state index is 0.240. The highest BCUT2D eigenvalue weighted by Crippen LogP contribution is 2.20. The fourth-order valence-electron chi connectivity index (χ4n) is 2.07. The van der Waals surface area contributed by atoms with E-state index in [4.69, 9.17) is 11.6 Å². The topological polar surface area (TPSA) is 37.4 Å². The zero-order chi connectivity index (χ0) is 13.1. The molecule has 1 saturated heterocycles. The Balaban J connectivity index is 2.55. The second-order valence-corrected chi connectivity index (χ2v) is 8.94. The van der Waals surface area contributed by atoms with E-state index in [-0.39, 0.29) is 5.75 Å². The molecule has 1 atom stereocenters. The summed E-state index contributed by atoms with van der Waals surface area (Å²) in [5, 5.41) is 0. The molecule has 17 heavy (non-hydrogen) atoms. The molecule has 5 heteroatoms. The van der Waals surface area contributed by atoms with Gasteiger partial charge in [-0.2, -0.15) is 0 Å². The summed E-state index contributed by atoms with van der Waals surface area (Å²) in [6.45, 7) is 6.89. The van der Waals surface area contributed by atoms with Gasteiger partial charge in [-0.1, -0.05) is 6.42 Å². The number of halogens is 1. The summed E-state index contributed by atoms with van der Waals surface area (Å²) in [5.41, 5.74) is 0. The lowest BCUT2D eigenvalue weighted by atomic mass is 10.0. The highest BCUT2D eigenvalue weighted by atomic mass is 35.5. The number of hydrogen-bond acceptors (Lipinski definition) is 3. The molecule has 102 valence electrons. The molecule has 0 aliphatic carbocycles. The molecule has 0 radical (unpaired) electrons. The van der Waals surface area contributed by atoms with E-state index in [9.17, 15) is 8.42 Å². The Morgan fingerprint density at radius 1 is 1.29 bits per heavy atom. The van der Waals surface area contributed by atoms with Gasteiger partial charge in [-0.05, 0) is 40.2 Å². The van der Waals surface area contributed by atoms with E-state index >= 15 is 0 Å². The number of piperidine rings is 1. The first-order chi connectivity index (χ1) is 7.78. The van der Waals surface area contributed by atoms with Crippen LogP contribution in [-0.4, -0.2) is 48.8 Å². The van der Waals surface area contributed by atoms with Gasteiger partial charge in [0, 0.05) is 18.5 Å². The molecule has 0 amide bonds. The van der Waals surface area contributed by atoms with Crippen LogP contribution < -0.4 is 0 Å². The van der Waals surface area contributed by atoms with E-state index in [1.54, 1.807) is 20.8 Å². The molecular formula is C12H24ClNO2S. The third kappa shape index (κ3) is 4.11. The molecule has 1 aliphatic rings. The molecule has 0 bridgehead atoms. The van der Waals surface area contributed by atoms with Crippen molar-refractivity contribution < 1.29 is 8.42 Å². The average Bonchev–Trinajstić information content (AvgIpc) is 2.25. The van der Waals surface area contributed by atoms with Crippen LogP contribution in [0.4, 0.5) is 0 Å². The zero-order valence-corrected chi connectivity index (χ0v) is 12.6. The van der Waals surface area contributed by atoms with Crippen LogP contribution in [0.5, 0.6) is 0 Å². The predicted octanol–water partition coefficient (Wildman–Crippen LogP) is 2.29. The molecule has 0 aromatic heterocycles. The van der Waals surface area contributed by atoms with Crippen LogP contribution >= 0.6 is 11.6 Å². The summed E-state index contributed by atoms with van der Waals surface area (Å²) in [6.07, 6.45) is 3.46. The van der Waals surface area contributed by atoms with Gasteiger partial charge in [0.2, 0.25) is 0 Å². The molecular weight excluding hydrogens is 258 g/mol. The maximum atomic E-state index is 12.0. The Kier molecular flexibility index (Phi) is 5.29. The molecule has 0 saturated carbocycles. The van der Waals surface area contributed by atoms with Crippen molar-refractivity contribution in [1.82, 2.24) is 4.90 Å². The highest BCUT2D eigenvalue weighted by Gasteiger charge is 2.30. The second kappa shape index (κ2) is 5.89. The Morgan fingerprint density at radius 2 is 1.94 bits per heavy atom. The fourth-order valence-corrected chi connectivity index (χ4v) is 3.51. The predicted molar refractivity (Wildman–Crippen MR) is 73.5 cm³/mol. The maximum Gasteiger partial charge on any atom is 0.156 e. The van der Waals surface area contributed by atoms with Crippen LogP contribution in [0.2, 0.25) is 0 Å². The first-order valence-corrected chi connectivity index (χ1v) is 8.49. The van der Waals surface area contributed by atoms with Gasteiger partial charge < -0.3 is 0 Å². The molecule has 0 aromatic carbocycles. The summed E-state index contributed by atoms with van der Waals surface area (Å²) in [7, 11) is -3.01. The van der Waals surface area contributed by atoms with Gasteiger partial charge in [-0.15, -0.1) is 11.6 Å². The molecule has 1 unspecified atom stereocenters. The van der Waals surface area contributed by atoms with Crippen LogP contribution in [0, 0.1) is 0 Å². The highest BCUT2D eigenvalue weighted by molar-refractivity contribution is 7.92.